The maximum Gasteiger partial charge on any atom is 0.341 e. The molecule has 2 aromatic carbocycles. The molecule has 0 saturated carbocycles. The summed E-state index contributed by atoms with van der Waals surface area (Å²) in [5, 5.41) is 0.527. The van der Waals surface area contributed by atoms with Gasteiger partial charge in [0.1, 0.15) is 10.7 Å². The van der Waals surface area contributed by atoms with E-state index in [0.29, 0.717) is 43.3 Å². The third-order valence-corrected chi connectivity index (χ3v) is 5.23. The van der Waals surface area contributed by atoms with Crippen LogP contribution < -0.4 is 5.73 Å². The second kappa shape index (κ2) is 6.07. The number of nitrogens with two attached hydrogens (primary N) is 1. The molecule has 0 atom stereocenters. The van der Waals surface area contributed by atoms with Gasteiger partial charge in [-0.15, -0.1) is 0 Å². The number of fused-ring (bicyclic) bond motifs is 2. The number of hydrogen-bond donors (Lipinski definition) is 1. The SMILES string of the molecule is CCOC(=O)c1c(Cl)nc2c(Br)cc(N)c3c2c1-c1ccccc1C3=O. The van der Waals surface area contributed by atoms with E-state index in [2.05, 4.69) is 20.9 Å². The van der Waals surface area contributed by atoms with Crippen molar-refractivity contribution in [2.45, 2.75) is 6.92 Å². The molecule has 1 heterocycles. The first kappa shape index (κ1) is 17.0. The molecule has 0 saturated heterocycles. The van der Waals surface area contributed by atoms with Gasteiger partial charge < -0.3 is 10.5 Å². The highest BCUT2D eigenvalue weighted by molar-refractivity contribution is 9.10. The van der Waals surface area contributed by atoms with E-state index in [4.69, 9.17) is 22.1 Å². The number of esters is 1. The van der Waals surface area contributed by atoms with Crippen molar-refractivity contribution in [1.29, 1.82) is 0 Å². The first-order chi connectivity index (χ1) is 12.5. The maximum absolute atomic E-state index is 13.0. The van der Waals surface area contributed by atoms with Crippen LogP contribution in [0, 0.1) is 0 Å². The highest BCUT2D eigenvalue weighted by Crippen LogP contribution is 2.46. The van der Waals surface area contributed by atoms with Gasteiger partial charge in [0.15, 0.2) is 5.78 Å². The zero-order valence-electron chi connectivity index (χ0n) is 13.6. The van der Waals surface area contributed by atoms with Crippen LogP contribution in [-0.2, 0) is 4.74 Å². The summed E-state index contributed by atoms with van der Waals surface area (Å²) in [5.74, 6) is -0.794. The Hall–Kier alpha value is -2.44. The van der Waals surface area contributed by atoms with Crippen molar-refractivity contribution >= 4 is 55.9 Å². The fraction of sp³-hybridized carbons (Fsp3) is 0.105. The highest BCUT2D eigenvalue weighted by Gasteiger charge is 2.33. The molecule has 0 spiro atoms. The number of carbonyl (C=O) groups excluding carboxylic acids is 2. The minimum atomic E-state index is -0.587. The maximum atomic E-state index is 13.0. The Morgan fingerprint density at radius 2 is 1.96 bits per heavy atom. The number of pyridine rings is 1. The Morgan fingerprint density at radius 1 is 1.27 bits per heavy atom. The molecule has 0 unspecified atom stereocenters. The zero-order valence-corrected chi connectivity index (χ0v) is 15.9. The van der Waals surface area contributed by atoms with Gasteiger partial charge in [-0.05, 0) is 34.5 Å². The third kappa shape index (κ3) is 2.26. The van der Waals surface area contributed by atoms with Crippen LogP contribution in [0.15, 0.2) is 34.8 Å². The summed E-state index contributed by atoms with van der Waals surface area (Å²) < 4.78 is 5.77. The van der Waals surface area contributed by atoms with E-state index < -0.39 is 5.97 Å². The van der Waals surface area contributed by atoms with Crippen LogP contribution in [0.4, 0.5) is 5.69 Å². The van der Waals surface area contributed by atoms with E-state index in [9.17, 15) is 9.59 Å². The van der Waals surface area contributed by atoms with Crippen molar-refractivity contribution < 1.29 is 14.3 Å². The van der Waals surface area contributed by atoms with Gasteiger partial charge in [-0.3, -0.25) is 4.79 Å². The van der Waals surface area contributed by atoms with Crippen LogP contribution in [0.1, 0.15) is 33.2 Å². The molecule has 1 aromatic heterocycles. The molecule has 130 valence electrons. The lowest BCUT2D eigenvalue weighted by molar-refractivity contribution is 0.0527. The molecule has 2 N–H and O–H groups in total. The Bertz CT molecular complexity index is 1130. The molecule has 3 aromatic rings. The summed E-state index contributed by atoms with van der Waals surface area (Å²) in [5.41, 5.74) is 8.99. The molecular formula is C19H12BrClN2O3. The Balaban J connectivity index is 2.28. The molecule has 1 aliphatic carbocycles. The summed E-state index contributed by atoms with van der Waals surface area (Å²) in [7, 11) is 0. The van der Waals surface area contributed by atoms with Crippen LogP contribution in [0.25, 0.3) is 22.0 Å². The van der Waals surface area contributed by atoms with Crippen molar-refractivity contribution in [3.63, 3.8) is 0 Å². The molecule has 0 bridgehead atoms. The molecule has 26 heavy (non-hydrogen) atoms. The van der Waals surface area contributed by atoms with Gasteiger partial charge in [-0.1, -0.05) is 35.9 Å². The molecule has 7 heteroatoms. The third-order valence-electron chi connectivity index (χ3n) is 4.35. The quantitative estimate of drug-likeness (QED) is 0.284. The van der Waals surface area contributed by atoms with Gasteiger partial charge in [-0.25, -0.2) is 9.78 Å². The molecule has 0 fully saturated rings. The minimum absolute atomic E-state index is 0.0199. The predicted octanol–water partition coefficient (Wildman–Crippen LogP) is 4.62. The van der Waals surface area contributed by atoms with Crippen LogP contribution in [-0.4, -0.2) is 23.3 Å². The molecule has 0 amide bonds. The molecular weight excluding hydrogens is 420 g/mol. The highest BCUT2D eigenvalue weighted by atomic mass is 79.9. The first-order valence-corrected chi connectivity index (χ1v) is 9.05. The van der Waals surface area contributed by atoms with Crippen molar-refractivity contribution in [1.82, 2.24) is 4.98 Å². The second-order valence-electron chi connectivity index (χ2n) is 5.79. The van der Waals surface area contributed by atoms with E-state index in [0.717, 1.165) is 0 Å². The number of ketones is 1. The van der Waals surface area contributed by atoms with Crippen LogP contribution in [0.2, 0.25) is 5.15 Å². The molecule has 1 aliphatic rings. The average Bonchev–Trinajstić information content (AvgIpc) is 2.61. The number of carbonyl (C=O) groups is 2. The summed E-state index contributed by atoms with van der Waals surface area (Å²) >= 11 is 9.79. The predicted molar refractivity (Wildman–Crippen MR) is 104 cm³/mol. The number of anilines is 1. The molecule has 0 aliphatic heterocycles. The van der Waals surface area contributed by atoms with Crippen LogP contribution >= 0.6 is 27.5 Å². The van der Waals surface area contributed by atoms with Crippen LogP contribution in [0.5, 0.6) is 0 Å². The number of halogens is 2. The number of aromatic nitrogens is 1. The molecule has 5 nitrogen and oxygen atoms in total. The Morgan fingerprint density at radius 3 is 2.65 bits per heavy atom. The number of ether oxygens (including phenoxy) is 1. The summed E-state index contributed by atoms with van der Waals surface area (Å²) in [6.07, 6.45) is 0. The van der Waals surface area contributed by atoms with E-state index >= 15 is 0 Å². The van der Waals surface area contributed by atoms with Crippen molar-refractivity contribution in [2.24, 2.45) is 0 Å². The standard InChI is InChI=1S/C19H12BrClN2O3/c1-2-26-19(25)15-12-8-5-3-4-6-9(8)17(24)13-11(22)7-10(20)16(14(12)13)23-18(15)21/h3-7H,2,22H2,1H3. The normalized spacial score (nSPS) is 12.2. The number of nitrogens with zero attached hydrogens (tertiary/aromatic N) is 1. The van der Waals surface area contributed by atoms with Crippen molar-refractivity contribution in [3.05, 3.63) is 56.6 Å². The smallest absolute Gasteiger partial charge is 0.341 e. The number of nitrogen functional groups attached to an aromatic ring is 1. The van der Waals surface area contributed by atoms with Gasteiger partial charge in [0.2, 0.25) is 0 Å². The lowest BCUT2D eigenvalue weighted by Gasteiger charge is -2.23. The summed E-state index contributed by atoms with van der Waals surface area (Å²) in [6.45, 7) is 1.91. The number of rotatable bonds is 2. The lowest BCUT2D eigenvalue weighted by atomic mass is 9.81. The van der Waals surface area contributed by atoms with Crippen LogP contribution in [0.3, 0.4) is 0 Å². The fourth-order valence-electron chi connectivity index (χ4n) is 3.33. The molecule has 0 radical (unpaired) electrons. The fourth-order valence-corrected chi connectivity index (χ4v) is 4.12. The average molecular weight is 432 g/mol. The van der Waals surface area contributed by atoms with Crippen molar-refractivity contribution in [2.75, 3.05) is 12.3 Å². The Labute approximate surface area is 162 Å². The summed E-state index contributed by atoms with van der Waals surface area (Å²) in [4.78, 5) is 30.0. The lowest BCUT2D eigenvalue weighted by Crippen LogP contribution is -2.17. The van der Waals surface area contributed by atoms with Crippen molar-refractivity contribution in [3.8, 4) is 11.1 Å². The first-order valence-electron chi connectivity index (χ1n) is 7.88. The minimum Gasteiger partial charge on any atom is -0.462 e. The van der Waals surface area contributed by atoms with Gasteiger partial charge in [0.25, 0.3) is 0 Å². The Kier molecular flexibility index (Phi) is 3.97. The van der Waals surface area contributed by atoms with Gasteiger partial charge in [0.05, 0.1) is 17.7 Å². The van der Waals surface area contributed by atoms with Gasteiger partial charge >= 0.3 is 5.97 Å². The monoisotopic (exact) mass is 430 g/mol. The van der Waals surface area contributed by atoms with Gasteiger partial charge in [0, 0.05) is 26.7 Å². The van der Waals surface area contributed by atoms with E-state index in [-0.39, 0.29) is 23.1 Å². The zero-order chi connectivity index (χ0) is 18.6. The molecule has 4 rings (SSSR count). The number of benzene rings is 2. The topological polar surface area (TPSA) is 82.3 Å². The summed E-state index contributed by atoms with van der Waals surface area (Å²) in [6, 6.07) is 8.67. The second-order valence-corrected chi connectivity index (χ2v) is 7.01. The van der Waals surface area contributed by atoms with Gasteiger partial charge in [-0.2, -0.15) is 0 Å². The van der Waals surface area contributed by atoms with E-state index in [1.54, 1.807) is 37.3 Å². The van der Waals surface area contributed by atoms with E-state index in [1.165, 1.54) is 0 Å². The van der Waals surface area contributed by atoms with E-state index in [1.807, 2.05) is 0 Å². The number of hydrogen-bond acceptors (Lipinski definition) is 5. The largest absolute Gasteiger partial charge is 0.462 e.